The number of carbonyl (C=O) groups is 1. The molecule has 0 aromatic carbocycles. The van der Waals surface area contributed by atoms with E-state index in [0.717, 1.165) is 19.3 Å². The molecule has 0 spiro atoms. The molecule has 82 valence electrons. The van der Waals surface area contributed by atoms with Crippen molar-refractivity contribution in [1.29, 1.82) is 0 Å². The van der Waals surface area contributed by atoms with Crippen molar-refractivity contribution >= 4 is 18.4 Å². The number of carboxylic acid groups (broad SMARTS) is 1. The van der Waals surface area contributed by atoms with Gasteiger partial charge in [-0.15, -0.1) is 12.4 Å². The van der Waals surface area contributed by atoms with E-state index >= 15 is 0 Å². The smallest absolute Gasteiger partial charge is 0.303 e. The number of hydrogen-bond acceptors (Lipinski definition) is 2. The fourth-order valence-corrected chi connectivity index (χ4v) is 0.632. The van der Waals surface area contributed by atoms with Crippen LogP contribution in [0.2, 0.25) is 0 Å². The minimum Gasteiger partial charge on any atom is -0.481 e. The Bertz CT molecular complexity index is 105. The molecule has 0 heterocycles. The normalized spacial score (nSPS) is 10.5. The van der Waals surface area contributed by atoms with Gasteiger partial charge in [0.15, 0.2) is 0 Å². The molecule has 4 heteroatoms. The van der Waals surface area contributed by atoms with Crippen LogP contribution in [0.25, 0.3) is 0 Å². The summed E-state index contributed by atoms with van der Waals surface area (Å²) in [5, 5.41) is 16.5. The highest BCUT2D eigenvalue weighted by molar-refractivity contribution is 5.85. The van der Waals surface area contributed by atoms with Crippen molar-refractivity contribution < 1.29 is 15.0 Å². The Morgan fingerprint density at radius 1 is 1.31 bits per heavy atom. The van der Waals surface area contributed by atoms with E-state index in [-0.39, 0.29) is 18.5 Å². The molecule has 2 N–H and O–H groups in total. The third-order valence-electron chi connectivity index (χ3n) is 1.17. The highest BCUT2D eigenvalue weighted by atomic mass is 35.5. The van der Waals surface area contributed by atoms with Gasteiger partial charge in [0.1, 0.15) is 0 Å². The van der Waals surface area contributed by atoms with Crippen LogP contribution in [0.15, 0.2) is 0 Å². The van der Waals surface area contributed by atoms with Crippen molar-refractivity contribution in [2.24, 2.45) is 0 Å². The van der Waals surface area contributed by atoms with Gasteiger partial charge in [-0.1, -0.05) is 20.3 Å². The Balaban J connectivity index is -0.000000143. The molecule has 13 heavy (non-hydrogen) atoms. The van der Waals surface area contributed by atoms with E-state index < -0.39 is 5.97 Å². The van der Waals surface area contributed by atoms with Crippen molar-refractivity contribution in [1.82, 2.24) is 0 Å². The largest absolute Gasteiger partial charge is 0.481 e. The molecule has 0 aliphatic heterocycles. The van der Waals surface area contributed by atoms with E-state index in [1.807, 2.05) is 13.8 Å². The summed E-state index contributed by atoms with van der Waals surface area (Å²) in [6, 6.07) is 0. The minimum atomic E-state index is -0.711. The zero-order valence-electron chi connectivity index (χ0n) is 8.62. The summed E-state index contributed by atoms with van der Waals surface area (Å²) in [5.74, 6) is -0.711. The molecule has 0 rings (SSSR count). The highest BCUT2D eigenvalue weighted by Crippen LogP contribution is 1.91. The van der Waals surface area contributed by atoms with Crippen LogP contribution in [0.3, 0.4) is 0 Å². The highest BCUT2D eigenvalue weighted by Gasteiger charge is 1.87. The quantitative estimate of drug-likeness (QED) is 0.753. The van der Waals surface area contributed by atoms with Crippen molar-refractivity contribution in [2.45, 2.75) is 52.6 Å². The van der Waals surface area contributed by atoms with Crippen molar-refractivity contribution in [2.75, 3.05) is 0 Å². The summed E-state index contributed by atoms with van der Waals surface area (Å²) < 4.78 is 0. The van der Waals surface area contributed by atoms with E-state index in [2.05, 4.69) is 6.92 Å². The van der Waals surface area contributed by atoms with Gasteiger partial charge < -0.3 is 10.2 Å². The topological polar surface area (TPSA) is 57.5 Å². The van der Waals surface area contributed by atoms with Gasteiger partial charge in [0.2, 0.25) is 0 Å². The molecule has 1 unspecified atom stereocenters. The van der Waals surface area contributed by atoms with E-state index in [9.17, 15) is 4.79 Å². The maximum Gasteiger partial charge on any atom is 0.303 e. The Labute approximate surface area is 86.6 Å². The van der Waals surface area contributed by atoms with Crippen LogP contribution >= 0.6 is 12.4 Å². The standard InChI is InChI=1S/C5H12O.C4H8O2.ClH/c1-3-4-5(2)6;1-2-3-4(5)6;/h5-6H,3-4H2,1-2H3;2-3H2,1H3,(H,5,6);1H. The van der Waals surface area contributed by atoms with Gasteiger partial charge in [-0.3, -0.25) is 4.79 Å². The lowest BCUT2D eigenvalue weighted by Gasteiger charge is -1.95. The molecule has 0 fully saturated rings. The third-order valence-corrected chi connectivity index (χ3v) is 1.17. The van der Waals surface area contributed by atoms with E-state index in [4.69, 9.17) is 10.2 Å². The first-order valence-electron chi connectivity index (χ1n) is 4.44. The Kier molecular flexibility index (Phi) is 20.3. The van der Waals surface area contributed by atoms with Gasteiger partial charge in [-0.2, -0.15) is 0 Å². The predicted octanol–water partition coefficient (Wildman–Crippen LogP) is 2.46. The lowest BCUT2D eigenvalue weighted by Crippen LogP contribution is -1.95. The first kappa shape index (κ1) is 18.5. The van der Waals surface area contributed by atoms with Gasteiger partial charge in [0.25, 0.3) is 0 Å². The molecule has 0 amide bonds. The Morgan fingerprint density at radius 2 is 1.77 bits per heavy atom. The second kappa shape index (κ2) is 14.3. The molecule has 0 aromatic rings. The summed E-state index contributed by atoms with van der Waals surface area (Å²) in [4.78, 5) is 9.60. The molecule has 3 nitrogen and oxygen atoms in total. The Hall–Kier alpha value is -0.280. The molecule has 1 atom stereocenters. The molecular formula is C9H21ClO3. The van der Waals surface area contributed by atoms with Crippen LogP contribution < -0.4 is 0 Å². The molecule has 0 aliphatic carbocycles. The predicted molar refractivity (Wildman–Crippen MR) is 56.4 cm³/mol. The maximum atomic E-state index is 9.60. The monoisotopic (exact) mass is 212 g/mol. The van der Waals surface area contributed by atoms with E-state index in [1.54, 1.807) is 0 Å². The van der Waals surface area contributed by atoms with Crippen molar-refractivity contribution in [3.8, 4) is 0 Å². The Morgan fingerprint density at radius 3 is 1.77 bits per heavy atom. The summed E-state index contributed by atoms with van der Waals surface area (Å²) in [6.07, 6.45) is 2.93. The molecule has 0 radical (unpaired) electrons. The van der Waals surface area contributed by atoms with Crippen LogP contribution in [0.5, 0.6) is 0 Å². The minimum absolute atomic E-state index is 0. The third kappa shape index (κ3) is 33.8. The zero-order chi connectivity index (χ0) is 9.98. The molecule has 0 bridgehead atoms. The van der Waals surface area contributed by atoms with Crippen LogP contribution in [-0.2, 0) is 4.79 Å². The number of aliphatic hydroxyl groups is 1. The van der Waals surface area contributed by atoms with Crippen LogP contribution in [0.1, 0.15) is 46.5 Å². The molecule has 0 saturated carbocycles. The summed E-state index contributed by atoms with van der Waals surface area (Å²) >= 11 is 0. The summed E-state index contributed by atoms with van der Waals surface area (Å²) in [5.41, 5.74) is 0. The fourth-order valence-electron chi connectivity index (χ4n) is 0.632. The second-order valence-corrected chi connectivity index (χ2v) is 2.78. The van der Waals surface area contributed by atoms with E-state index in [1.165, 1.54) is 0 Å². The molecule has 0 aliphatic rings. The number of hydrogen-bond donors (Lipinski definition) is 2. The second-order valence-electron chi connectivity index (χ2n) is 2.78. The number of carboxylic acids is 1. The van der Waals surface area contributed by atoms with Crippen LogP contribution in [0.4, 0.5) is 0 Å². The first-order valence-corrected chi connectivity index (χ1v) is 4.44. The first-order chi connectivity index (χ1) is 5.54. The summed E-state index contributed by atoms with van der Waals surface area (Å²) in [6.45, 7) is 5.71. The van der Waals surface area contributed by atoms with Crippen LogP contribution in [-0.4, -0.2) is 22.3 Å². The summed E-state index contributed by atoms with van der Waals surface area (Å²) in [7, 11) is 0. The number of rotatable bonds is 4. The van der Waals surface area contributed by atoms with Gasteiger partial charge in [-0.05, 0) is 19.8 Å². The van der Waals surface area contributed by atoms with Crippen LogP contribution in [0, 0.1) is 0 Å². The van der Waals surface area contributed by atoms with Gasteiger partial charge in [-0.25, -0.2) is 0 Å². The van der Waals surface area contributed by atoms with Gasteiger partial charge in [0.05, 0.1) is 6.10 Å². The van der Waals surface area contributed by atoms with Gasteiger partial charge in [0, 0.05) is 6.42 Å². The maximum absolute atomic E-state index is 9.60. The van der Waals surface area contributed by atoms with E-state index in [0.29, 0.717) is 6.42 Å². The lowest BCUT2D eigenvalue weighted by atomic mass is 10.2. The molecule has 0 aromatic heterocycles. The van der Waals surface area contributed by atoms with Gasteiger partial charge >= 0.3 is 5.97 Å². The van der Waals surface area contributed by atoms with Crippen molar-refractivity contribution in [3.63, 3.8) is 0 Å². The molecular weight excluding hydrogens is 192 g/mol. The SMILES string of the molecule is CCCC(=O)O.CCCC(C)O.Cl. The molecule has 0 saturated heterocycles. The fraction of sp³-hybridized carbons (Fsp3) is 0.889. The zero-order valence-corrected chi connectivity index (χ0v) is 9.43. The lowest BCUT2D eigenvalue weighted by molar-refractivity contribution is -0.137. The number of aliphatic hydroxyl groups excluding tert-OH is 1. The van der Waals surface area contributed by atoms with Crippen molar-refractivity contribution in [3.05, 3.63) is 0 Å². The number of aliphatic carboxylic acids is 1. The number of halogens is 1. The average Bonchev–Trinajstić information content (AvgIpc) is 1.87. The average molecular weight is 213 g/mol.